The number of benzene rings is 2. The van der Waals surface area contributed by atoms with Crippen LogP contribution in [0.25, 0.3) is 17.1 Å². The molecule has 0 fully saturated rings. The first-order valence-corrected chi connectivity index (χ1v) is 11.5. The van der Waals surface area contributed by atoms with Gasteiger partial charge in [-0.15, -0.1) is 10.2 Å². The first kappa shape index (κ1) is 20.4. The number of methoxy groups -OCH3 is 2. The van der Waals surface area contributed by atoms with Crippen LogP contribution in [0, 0.1) is 0 Å². The predicted molar refractivity (Wildman–Crippen MR) is 123 cm³/mol. The van der Waals surface area contributed by atoms with Gasteiger partial charge in [-0.2, -0.15) is 21.4 Å². The molecule has 0 radical (unpaired) electrons. The molecule has 0 saturated heterocycles. The molecule has 0 atom stereocenters. The molecule has 0 bridgehead atoms. The zero-order valence-corrected chi connectivity index (χ0v) is 18.4. The molecule has 4 rings (SSSR count). The van der Waals surface area contributed by atoms with Gasteiger partial charge in [0.25, 0.3) is 0 Å². The molecule has 2 aromatic carbocycles. The number of nitrogens with zero attached hydrogens (tertiary/aromatic N) is 4. The van der Waals surface area contributed by atoms with Crippen LogP contribution < -0.4 is 9.47 Å². The monoisotopic (exact) mass is 438 g/mol. The lowest BCUT2D eigenvalue weighted by atomic mass is 10.2. The van der Waals surface area contributed by atoms with Crippen LogP contribution >= 0.6 is 23.1 Å². The van der Waals surface area contributed by atoms with Crippen LogP contribution in [0.4, 0.5) is 0 Å². The number of aromatic nitrogens is 4. The third-order valence-electron chi connectivity index (χ3n) is 4.51. The van der Waals surface area contributed by atoms with Gasteiger partial charge in [0.15, 0.2) is 17.3 Å². The maximum atomic E-state index is 5.36. The van der Waals surface area contributed by atoms with Crippen molar-refractivity contribution in [3.8, 4) is 11.5 Å². The summed E-state index contributed by atoms with van der Waals surface area (Å²) in [5.41, 5.74) is 2.36. The fourth-order valence-corrected chi connectivity index (χ4v) is 4.60. The molecule has 0 spiro atoms. The number of rotatable bonds is 9. The minimum atomic E-state index is 0.701. The molecule has 154 valence electrons. The van der Waals surface area contributed by atoms with Gasteiger partial charge in [-0.05, 0) is 41.5 Å². The maximum Gasteiger partial charge on any atom is 0.234 e. The summed E-state index contributed by atoms with van der Waals surface area (Å²) in [7, 11) is 3.26. The van der Waals surface area contributed by atoms with E-state index in [9.17, 15) is 0 Å². The van der Waals surface area contributed by atoms with Crippen molar-refractivity contribution in [3.63, 3.8) is 0 Å². The van der Waals surface area contributed by atoms with Gasteiger partial charge in [0.1, 0.15) is 5.01 Å². The lowest BCUT2D eigenvalue weighted by molar-refractivity contribution is 0.355. The van der Waals surface area contributed by atoms with E-state index in [0.29, 0.717) is 11.5 Å². The van der Waals surface area contributed by atoms with Gasteiger partial charge in [0.2, 0.25) is 4.96 Å². The number of ether oxygens (including phenoxy) is 2. The number of aryl methyl sites for hydroxylation is 1. The molecule has 0 saturated carbocycles. The van der Waals surface area contributed by atoms with Gasteiger partial charge in [-0.1, -0.05) is 53.8 Å². The molecule has 0 unspecified atom stereocenters. The van der Waals surface area contributed by atoms with Crippen molar-refractivity contribution in [3.05, 3.63) is 70.5 Å². The summed E-state index contributed by atoms with van der Waals surface area (Å²) in [5.74, 6) is 4.12. The summed E-state index contributed by atoms with van der Waals surface area (Å²) in [5, 5.41) is 14.1. The summed E-state index contributed by atoms with van der Waals surface area (Å²) in [6.45, 7) is 0. The zero-order chi connectivity index (χ0) is 20.8. The molecular weight excluding hydrogens is 416 g/mol. The number of hydrogen-bond donors (Lipinski definition) is 0. The number of fused-ring (bicyclic) bond motifs is 1. The summed E-state index contributed by atoms with van der Waals surface area (Å²) < 4.78 is 12.5. The van der Waals surface area contributed by atoms with E-state index in [0.717, 1.165) is 39.3 Å². The molecule has 2 aromatic heterocycles. The van der Waals surface area contributed by atoms with Crippen LogP contribution in [0.5, 0.6) is 11.5 Å². The van der Waals surface area contributed by atoms with Crippen LogP contribution in [-0.4, -0.2) is 39.8 Å². The second kappa shape index (κ2) is 9.77. The Balaban J connectivity index is 1.39. The minimum absolute atomic E-state index is 0.701. The van der Waals surface area contributed by atoms with Gasteiger partial charge in [-0.25, -0.2) is 0 Å². The lowest BCUT2D eigenvalue weighted by Gasteiger charge is -2.07. The normalized spacial score (nSPS) is 11.4. The van der Waals surface area contributed by atoms with Crippen LogP contribution in [0.1, 0.15) is 22.0 Å². The van der Waals surface area contributed by atoms with E-state index in [4.69, 9.17) is 9.47 Å². The van der Waals surface area contributed by atoms with Gasteiger partial charge < -0.3 is 9.47 Å². The highest BCUT2D eigenvalue weighted by atomic mass is 32.2. The van der Waals surface area contributed by atoms with Crippen molar-refractivity contribution < 1.29 is 9.47 Å². The molecule has 6 nitrogen and oxygen atoms in total. The van der Waals surface area contributed by atoms with Crippen molar-refractivity contribution in [2.75, 3.05) is 20.0 Å². The zero-order valence-electron chi connectivity index (χ0n) is 16.8. The third kappa shape index (κ3) is 4.83. The minimum Gasteiger partial charge on any atom is -0.493 e. The van der Waals surface area contributed by atoms with Gasteiger partial charge in [0.05, 0.1) is 20.0 Å². The van der Waals surface area contributed by atoms with Crippen LogP contribution in [0.2, 0.25) is 0 Å². The SMILES string of the molecule is COc1ccc(/C=C/c2nn3c(CSCCc4ccccc4)nnc3s2)cc1OC. The highest BCUT2D eigenvalue weighted by Gasteiger charge is 2.10. The quantitative estimate of drug-likeness (QED) is 0.348. The fourth-order valence-electron chi connectivity index (χ4n) is 2.95. The molecule has 0 aliphatic rings. The Labute approximate surface area is 183 Å². The molecule has 0 N–H and O–H groups in total. The van der Waals surface area contributed by atoms with E-state index < -0.39 is 0 Å². The van der Waals surface area contributed by atoms with Crippen molar-refractivity contribution in [2.45, 2.75) is 12.2 Å². The highest BCUT2D eigenvalue weighted by Crippen LogP contribution is 2.28. The summed E-state index contributed by atoms with van der Waals surface area (Å²) in [4.78, 5) is 0.806. The lowest BCUT2D eigenvalue weighted by Crippen LogP contribution is -1.96. The largest absolute Gasteiger partial charge is 0.493 e. The summed E-state index contributed by atoms with van der Waals surface area (Å²) >= 11 is 3.36. The van der Waals surface area contributed by atoms with Gasteiger partial charge >= 0.3 is 0 Å². The Morgan fingerprint density at radius 2 is 1.83 bits per heavy atom. The Kier molecular flexibility index (Phi) is 6.66. The molecule has 0 aliphatic carbocycles. The average Bonchev–Trinajstić information content (AvgIpc) is 3.36. The number of hydrogen-bond acceptors (Lipinski definition) is 7. The first-order chi connectivity index (χ1) is 14.8. The van der Waals surface area contributed by atoms with Crippen LogP contribution in [0.15, 0.2) is 48.5 Å². The van der Waals surface area contributed by atoms with E-state index in [2.05, 4.69) is 39.6 Å². The highest BCUT2D eigenvalue weighted by molar-refractivity contribution is 7.98. The molecule has 2 heterocycles. The van der Waals surface area contributed by atoms with Crippen molar-refractivity contribution in [2.24, 2.45) is 0 Å². The Morgan fingerprint density at radius 1 is 1.00 bits per heavy atom. The number of thioether (sulfide) groups is 1. The fraction of sp³-hybridized carbons (Fsp3) is 0.227. The second-order valence-corrected chi connectivity index (χ2v) is 8.58. The standard InChI is InChI=1S/C22H22N4O2S2/c1-27-18-10-8-17(14-19(18)28-2)9-11-21-25-26-20(23-24-22(26)30-21)15-29-13-12-16-6-4-3-5-7-16/h3-11,14H,12-13,15H2,1-2H3/b11-9+. The van der Waals surface area contributed by atoms with Crippen molar-refractivity contribution in [1.29, 1.82) is 0 Å². The molecular formula is C22H22N4O2S2. The van der Waals surface area contributed by atoms with Crippen LogP contribution in [0.3, 0.4) is 0 Å². The molecule has 8 heteroatoms. The topological polar surface area (TPSA) is 61.5 Å². The van der Waals surface area contributed by atoms with E-state index in [1.807, 2.05) is 52.7 Å². The average molecular weight is 439 g/mol. The van der Waals surface area contributed by atoms with E-state index >= 15 is 0 Å². The molecule has 0 amide bonds. The summed E-state index contributed by atoms with van der Waals surface area (Å²) in [6.07, 6.45) is 5.03. The van der Waals surface area contributed by atoms with Gasteiger partial charge in [-0.3, -0.25) is 0 Å². The van der Waals surface area contributed by atoms with Crippen molar-refractivity contribution >= 4 is 40.2 Å². The smallest absolute Gasteiger partial charge is 0.234 e. The summed E-state index contributed by atoms with van der Waals surface area (Å²) in [6, 6.07) is 16.3. The third-order valence-corrected chi connectivity index (χ3v) is 6.33. The van der Waals surface area contributed by atoms with E-state index in [1.54, 1.807) is 14.2 Å². The van der Waals surface area contributed by atoms with E-state index in [1.165, 1.54) is 16.9 Å². The molecule has 0 aliphatic heterocycles. The Hall–Kier alpha value is -2.84. The van der Waals surface area contributed by atoms with Gasteiger partial charge in [0, 0.05) is 0 Å². The first-order valence-electron chi connectivity index (χ1n) is 9.49. The predicted octanol–water partition coefficient (Wildman–Crippen LogP) is 4.85. The Morgan fingerprint density at radius 3 is 2.63 bits per heavy atom. The maximum absolute atomic E-state index is 5.36. The molecule has 30 heavy (non-hydrogen) atoms. The Bertz CT molecular complexity index is 1140. The molecule has 4 aromatic rings. The van der Waals surface area contributed by atoms with Crippen molar-refractivity contribution in [1.82, 2.24) is 19.8 Å². The van der Waals surface area contributed by atoms with Crippen LogP contribution in [-0.2, 0) is 12.2 Å². The second-order valence-electron chi connectivity index (χ2n) is 6.49. The van der Waals surface area contributed by atoms with E-state index in [-0.39, 0.29) is 0 Å².